The standard InChI is InChI=1S/C23H20N6O2/c1-4-31-22-26-11-16(12-27-22)15-7-8-18-17(10-15)21-20(13-25-18)28(3)23(30)29(21)19-6-5-9-24-14(19)2/h5-13H,4H2,1-3H3. The third-order valence-electron chi connectivity index (χ3n) is 5.34. The SMILES string of the molecule is CCOc1ncc(-c2ccc3ncc4c(c3c2)n(-c2cccnc2C)c(=O)n4C)cn1. The minimum atomic E-state index is -0.143. The number of pyridine rings is 2. The molecule has 5 aromatic rings. The van der Waals surface area contributed by atoms with Gasteiger partial charge in [0.25, 0.3) is 0 Å². The normalized spacial score (nSPS) is 11.3. The summed E-state index contributed by atoms with van der Waals surface area (Å²) >= 11 is 0. The van der Waals surface area contributed by atoms with Crippen LogP contribution in [0.1, 0.15) is 12.6 Å². The molecule has 0 saturated carbocycles. The van der Waals surface area contributed by atoms with Crippen LogP contribution in [0.2, 0.25) is 0 Å². The van der Waals surface area contributed by atoms with E-state index in [0.717, 1.165) is 44.4 Å². The second-order valence-corrected chi connectivity index (χ2v) is 7.20. The maximum atomic E-state index is 13.2. The van der Waals surface area contributed by atoms with E-state index in [-0.39, 0.29) is 5.69 Å². The smallest absolute Gasteiger partial charge is 0.333 e. The molecule has 4 heterocycles. The van der Waals surface area contributed by atoms with Gasteiger partial charge in [0, 0.05) is 36.6 Å². The first kappa shape index (κ1) is 18.9. The Hall–Kier alpha value is -4.07. The molecule has 0 aliphatic heterocycles. The van der Waals surface area contributed by atoms with Crippen molar-refractivity contribution in [2.45, 2.75) is 13.8 Å². The van der Waals surface area contributed by atoms with Gasteiger partial charge in [0.05, 0.1) is 40.7 Å². The molecule has 0 aliphatic carbocycles. The Bertz CT molecular complexity index is 1480. The molecule has 0 atom stereocenters. The second-order valence-electron chi connectivity index (χ2n) is 7.20. The van der Waals surface area contributed by atoms with Crippen LogP contribution in [0.4, 0.5) is 0 Å². The molecular formula is C23H20N6O2. The van der Waals surface area contributed by atoms with E-state index >= 15 is 0 Å². The van der Waals surface area contributed by atoms with Gasteiger partial charge in [-0.15, -0.1) is 0 Å². The molecule has 0 amide bonds. The van der Waals surface area contributed by atoms with E-state index in [1.807, 2.05) is 44.2 Å². The summed E-state index contributed by atoms with van der Waals surface area (Å²) in [4.78, 5) is 30.6. The van der Waals surface area contributed by atoms with Crippen molar-refractivity contribution in [2.75, 3.05) is 6.61 Å². The molecule has 31 heavy (non-hydrogen) atoms. The molecule has 8 nitrogen and oxygen atoms in total. The first-order valence-corrected chi connectivity index (χ1v) is 9.96. The number of imidazole rings is 1. The van der Waals surface area contributed by atoms with E-state index in [0.29, 0.717) is 12.6 Å². The van der Waals surface area contributed by atoms with E-state index in [4.69, 9.17) is 4.74 Å². The van der Waals surface area contributed by atoms with E-state index in [1.165, 1.54) is 0 Å². The lowest BCUT2D eigenvalue weighted by Crippen LogP contribution is -2.21. The first-order chi connectivity index (χ1) is 15.1. The highest BCUT2D eigenvalue weighted by atomic mass is 16.5. The number of aromatic nitrogens is 6. The van der Waals surface area contributed by atoms with Gasteiger partial charge in [0.1, 0.15) is 0 Å². The van der Waals surface area contributed by atoms with Gasteiger partial charge in [-0.25, -0.2) is 14.8 Å². The molecule has 0 fully saturated rings. The predicted molar refractivity (Wildman–Crippen MR) is 119 cm³/mol. The maximum absolute atomic E-state index is 13.2. The average Bonchev–Trinajstić information content (AvgIpc) is 3.05. The topological polar surface area (TPSA) is 87.7 Å². The third kappa shape index (κ3) is 3.04. The highest BCUT2D eigenvalue weighted by Crippen LogP contribution is 2.30. The fraction of sp³-hybridized carbons (Fsp3) is 0.174. The van der Waals surface area contributed by atoms with Gasteiger partial charge < -0.3 is 4.74 Å². The van der Waals surface area contributed by atoms with Crippen LogP contribution in [0, 0.1) is 6.92 Å². The molecule has 0 radical (unpaired) electrons. The number of hydrogen-bond acceptors (Lipinski definition) is 6. The number of aryl methyl sites for hydroxylation is 2. The lowest BCUT2D eigenvalue weighted by Gasteiger charge is -2.09. The molecular weight excluding hydrogens is 392 g/mol. The highest BCUT2D eigenvalue weighted by molar-refractivity contribution is 6.04. The lowest BCUT2D eigenvalue weighted by molar-refractivity contribution is 0.312. The monoisotopic (exact) mass is 412 g/mol. The third-order valence-corrected chi connectivity index (χ3v) is 5.34. The molecule has 0 spiro atoms. The summed E-state index contributed by atoms with van der Waals surface area (Å²) in [7, 11) is 1.75. The van der Waals surface area contributed by atoms with Gasteiger partial charge >= 0.3 is 11.7 Å². The van der Waals surface area contributed by atoms with Gasteiger partial charge in [-0.1, -0.05) is 6.07 Å². The minimum absolute atomic E-state index is 0.143. The zero-order chi connectivity index (χ0) is 21.5. The molecule has 0 aliphatic rings. The number of benzene rings is 1. The summed E-state index contributed by atoms with van der Waals surface area (Å²) in [6.45, 7) is 4.30. The summed E-state index contributed by atoms with van der Waals surface area (Å²) in [5, 5.41) is 0.866. The highest BCUT2D eigenvalue weighted by Gasteiger charge is 2.18. The van der Waals surface area contributed by atoms with Crippen molar-refractivity contribution in [2.24, 2.45) is 7.05 Å². The summed E-state index contributed by atoms with van der Waals surface area (Å²) in [6, 6.07) is 10.0. The van der Waals surface area contributed by atoms with Gasteiger partial charge in [-0.2, -0.15) is 0 Å². The Morgan fingerprint density at radius 3 is 2.55 bits per heavy atom. The fourth-order valence-electron chi connectivity index (χ4n) is 3.78. The zero-order valence-electron chi connectivity index (χ0n) is 17.4. The van der Waals surface area contributed by atoms with E-state index < -0.39 is 0 Å². The maximum Gasteiger partial charge on any atom is 0.333 e. The zero-order valence-corrected chi connectivity index (χ0v) is 17.4. The van der Waals surface area contributed by atoms with Crippen LogP contribution in [0.5, 0.6) is 6.01 Å². The average molecular weight is 412 g/mol. The Balaban J connectivity index is 1.79. The van der Waals surface area contributed by atoms with Crippen molar-refractivity contribution in [1.29, 1.82) is 0 Å². The van der Waals surface area contributed by atoms with Crippen LogP contribution >= 0.6 is 0 Å². The number of rotatable bonds is 4. The fourth-order valence-corrected chi connectivity index (χ4v) is 3.78. The van der Waals surface area contributed by atoms with Gasteiger partial charge in [0.15, 0.2) is 0 Å². The van der Waals surface area contributed by atoms with Crippen LogP contribution < -0.4 is 10.4 Å². The van der Waals surface area contributed by atoms with Gasteiger partial charge in [-0.3, -0.25) is 19.1 Å². The van der Waals surface area contributed by atoms with Crippen LogP contribution in [0.25, 0.3) is 38.8 Å². The number of nitrogens with zero attached hydrogens (tertiary/aromatic N) is 6. The van der Waals surface area contributed by atoms with E-state index in [1.54, 1.807) is 41.0 Å². The van der Waals surface area contributed by atoms with Crippen molar-refractivity contribution >= 4 is 21.9 Å². The first-order valence-electron chi connectivity index (χ1n) is 9.96. The van der Waals surface area contributed by atoms with Crippen LogP contribution in [0.15, 0.2) is 59.9 Å². The molecule has 1 aromatic carbocycles. The van der Waals surface area contributed by atoms with Gasteiger partial charge in [-0.05, 0) is 43.7 Å². The largest absolute Gasteiger partial charge is 0.464 e. The van der Waals surface area contributed by atoms with Crippen molar-refractivity contribution < 1.29 is 4.74 Å². The Morgan fingerprint density at radius 2 is 1.81 bits per heavy atom. The molecule has 0 bridgehead atoms. The summed E-state index contributed by atoms with van der Waals surface area (Å²) < 4.78 is 8.66. The molecule has 4 aromatic heterocycles. The summed E-state index contributed by atoms with van der Waals surface area (Å²) in [5.74, 6) is 0. The summed E-state index contributed by atoms with van der Waals surface area (Å²) in [5.41, 5.74) is 5.50. The molecule has 154 valence electrons. The van der Waals surface area contributed by atoms with Crippen molar-refractivity contribution in [3.8, 4) is 22.8 Å². The molecule has 0 N–H and O–H groups in total. The Kier molecular flexibility index (Phi) is 4.47. The van der Waals surface area contributed by atoms with Gasteiger partial charge in [0.2, 0.25) is 0 Å². The number of ether oxygens (including phenoxy) is 1. The van der Waals surface area contributed by atoms with E-state index in [9.17, 15) is 4.79 Å². The molecule has 8 heteroatoms. The van der Waals surface area contributed by atoms with E-state index in [2.05, 4.69) is 19.9 Å². The molecule has 5 rings (SSSR count). The van der Waals surface area contributed by atoms with Crippen LogP contribution in [0.3, 0.4) is 0 Å². The van der Waals surface area contributed by atoms with Crippen molar-refractivity contribution in [3.05, 3.63) is 71.3 Å². The summed E-state index contributed by atoms with van der Waals surface area (Å²) in [6.07, 6.45) is 6.92. The van der Waals surface area contributed by atoms with Crippen LogP contribution in [-0.2, 0) is 7.05 Å². The van der Waals surface area contributed by atoms with Crippen molar-refractivity contribution in [1.82, 2.24) is 29.1 Å². The Morgan fingerprint density at radius 1 is 1.00 bits per heavy atom. The number of hydrogen-bond donors (Lipinski definition) is 0. The van der Waals surface area contributed by atoms with Crippen molar-refractivity contribution in [3.63, 3.8) is 0 Å². The second kappa shape index (κ2) is 7.32. The predicted octanol–water partition coefficient (Wildman–Crippen LogP) is 3.44. The molecule has 0 saturated heterocycles. The number of fused-ring (bicyclic) bond motifs is 3. The Labute approximate surface area is 177 Å². The molecule has 0 unspecified atom stereocenters. The quantitative estimate of drug-likeness (QED) is 0.449. The van der Waals surface area contributed by atoms with Crippen LogP contribution in [-0.4, -0.2) is 35.7 Å². The lowest BCUT2D eigenvalue weighted by atomic mass is 10.1. The minimum Gasteiger partial charge on any atom is -0.464 e.